The number of nitrogens with one attached hydrogen (secondary N) is 1. The summed E-state index contributed by atoms with van der Waals surface area (Å²) in [5.41, 5.74) is -0.627. The third-order valence-electron chi connectivity index (χ3n) is 8.85. The van der Waals surface area contributed by atoms with E-state index in [1.54, 1.807) is 24.0 Å². The Labute approximate surface area is 267 Å². The minimum Gasteiger partial charge on any atom is -0.460 e. The van der Waals surface area contributed by atoms with Crippen LogP contribution in [0.3, 0.4) is 0 Å². The maximum atomic E-state index is 14.5. The number of amides is 3. The minimum atomic E-state index is -1.30. The van der Waals surface area contributed by atoms with E-state index in [-0.39, 0.29) is 36.2 Å². The molecule has 0 saturated carbocycles. The third kappa shape index (κ3) is 6.50. The Kier molecular flexibility index (Phi) is 11.4. The van der Waals surface area contributed by atoms with Gasteiger partial charge in [0.1, 0.15) is 17.7 Å². The first-order valence-corrected chi connectivity index (χ1v) is 16.3. The largest absolute Gasteiger partial charge is 0.460 e. The van der Waals surface area contributed by atoms with Gasteiger partial charge in [-0.25, -0.2) is 0 Å². The molecule has 3 saturated heterocycles. The van der Waals surface area contributed by atoms with Crippen LogP contribution in [0.1, 0.15) is 57.6 Å². The van der Waals surface area contributed by atoms with Gasteiger partial charge >= 0.3 is 5.97 Å². The number of halogens is 1. The summed E-state index contributed by atoms with van der Waals surface area (Å²) >= 11 is 3.68. The van der Waals surface area contributed by atoms with E-state index >= 15 is 0 Å². The summed E-state index contributed by atoms with van der Waals surface area (Å²) in [6, 6.07) is 7.18. The molecule has 3 fully saturated rings. The molecule has 3 heterocycles. The number of likely N-dealkylation sites (tertiary alicyclic amines) is 1. The second-order valence-corrected chi connectivity index (χ2v) is 13.0. The summed E-state index contributed by atoms with van der Waals surface area (Å²) in [7, 11) is 0. The molecule has 0 aliphatic carbocycles. The first kappa shape index (κ1) is 33.9. The molecule has 8 atom stereocenters. The summed E-state index contributed by atoms with van der Waals surface area (Å²) in [4.78, 5) is 57.7. The Morgan fingerprint density at radius 2 is 2.00 bits per heavy atom. The van der Waals surface area contributed by atoms with E-state index in [2.05, 4.69) is 34.4 Å². The van der Waals surface area contributed by atoms with Gasteiger partial charge in [0, 0.05) is 24.3 Å². The number of fused-ring (bicyclic) bond motifs is 1. The number of carbonyl (C=O) groups excluding carboxylic acids is 4. The van der Waals surface area contributed by atoms with Crippen LogP contribution >= 0.6 is 15.9 Å². The molecular formula is C33H44BrN3O7. The van der Waals surface area contributed by atoms with E-state index in [4.69, 9.17) is 9.47 Å². The van der Waals surface area contributed by atoms with Gasteiger partial charge in [-0.1, -0.05) is 71.8 Å². The van der Waals surface area contributed by atoms with Crippen molar-refractivity contribution in [3.63, 3.8) is 0 Å². The Balaban J connectivity index is 1.69. The van der Waals surface area contributed by atoms with Gasteiger partial charge in [-0.15, -0.1) is 13.2 Å². The monoisotopic (exact) mass is 673 g/mol. The molecule has 3 amide bonds. The van der Waals surface area contributed by atoms with E-state index in [1.807, 2.05) is 37.3 Å². The van der Waals surface area contributed by atoms with Crippen molar-refractivity contribution >= 4 is 39.6 Å². The van der Waals surface area contributed by atoms with Crippen LogP contribution in [-0.2, 0) is 28.7 Å². The van der Waals surface area contributed by atoms with Crippen molar-refractivity contribution in [1.82, 2.24) is 15.1 Å². The number of benzene rings is 1. The quantitative estimate of drug-likeness (QED) is 0.157. The van der Waals surface area contributed by atoms with Crippen LogP contribution in [0.25, 0.3) is 0 Å². The van der Waals surface area contributed by atoms with Gasteiger partial charge in [-0.2, -0.15) is 0 Å². The van der Waals surface area contributed by atoms with Crippen molar-refractivity contribution in [1.29, 1.82) is 0 Å². The lowest BCUT2D eigenvalue weighted by Gasteiger charge is -2.39. The maximum Gasteiger partial charge on any atom is 0.312 e. The summed E-state index contributed by atoms with van der Waals surface area (Å²) in [6.07, 6.45) is 4.76. The van der Waals surface area contributed by atoms with E-state index in [1.165, 1.54) is 4.90 Å². The van der Waals surface area contributed by atoms with Crippen molar-refractivity contribution in [2.45, 2.75) is 80.7 Å². The lowest BCUT2D eigenvalue weighted by Crippen LogP contribution is -2.57. The molecule has 10 nitrogen and oxygen atoms in total. The summed E-state index contributed by atoms with van der Waals surface area (Å²) < 4.78 is 12.4. The number of carbonyl (C=O) groups is 4. The highest BCUT2D eigenvalue weighted by atomic mass is 79.9. The average molecular weight is 675 g/mol. The van der Waals surface area contributed by atoms with Gasteiger partial charge in [-0.3, -0.25) is 19.2 Å². The zero-order valence-electron chi connectivity index (χ0n) is 25.5. The van der Waals surface area contributed by atoms with Crippen LogP contribution in [0.4, 0.5) is 0 Å². The first-order valence-electron chi connectivity index (χ1n) is 15.4. The number of aliphatic hydroxyl groups is 1. The van der Waals surface area contributed by atoms with Crippen LogP contribution < -0.4 is 5.32 Å². The van der Waals surface area contributed by atoms with Gasteiger partial charge in [0.25, 0.3) is 0 Å². The molecule has 3 aliphatic rings. The highest BCUT2D eigenvalue weighted by molar-refractivity contribution is 9.09. The number of aliphatic hydroxyl groups excluding tert-OH is 1. The molecule has 1 aromatic rings. The number of allylic oxidation sites excluding steroid dienone is 1. The minimum absolute atomic E-state index is 0.114. The van der Waals surface area contributed by atoms with Crippen molar-refractivity contribution in [2.24, 2.45) is 11.8 Å². The van der Waals surface area contributed by atoms with E-state index in [0.717, 1.165) is 12.8 Å². The number of nitrogens with zero attached hydrogens (tertiary/aromatic N) is 2. The van der Waals surface area contributed by atoms with Gasteiger partial charge in [0.05, 0.1) is 37.1 Å². The Bertz CT molecular complexity index is 1230. The maximum absolute atomic E-state index is 14.5. The van der Waals surface area contributed by atoms with E-state index < -0.39 is 60.2 Å². The fourth-order valence-electron chi connectivity index (χ4n) is 6.85. The van der Waals surface area contributed by atoms with Crippen molar-refractivity contribution in [2.75, 3.05) is 26.2 Å². The fraction of sp³-hybridized carbons (Fsp3) is 0.576. The first-order chi connectivity index (χ1) is 21.1. The van der Waals surface area contributed by atoms with E-state index in [0.29, 0.717) is 24.9 Å². The highest BCUT2D eigenvalue weighted by Gasteiger charge is 2.77. The average Bonchev–Trinajstić information content (AvgIpc) is 3.61. The number of alkyl halides is 1. The molecule has 11 heteroatoms. The molecule has 0 radical (unpaired) electrons. The second-order valence-electron chi connectivity index (χ2n) is 11.8. The van der Waals surface area contributed by atoms with Crippen LogP contribution in [0, 0.1) is 11.8 Å². The summed E-state index contributed by atoms with van der Waals surface area (Å²) in [6.45, 7) is 11.6. The molecule has 1 unspecified atom stereocenters. The summed E-state index contributed by atoms with van der Waals surface area (Å²) in [5, 5.41) is 13.4. The molecule has 44 heavy (non-hydrogen) atoms. The second kappa shape index (κ2) is 14.8. The van der Waals surface area contributed by atoms with Gasteiger partial charge in [0.15, 0.2) is 0 Å². The number of ether oxygens (including phenoxy) is 2. The molecular weight excluding hydrogens is 630 g/mol. The van der Waals surface area contributed by atoms with Crippen LogP contribution in [0.2, 0.25) is 0 Å². The number of hydrogen-bond donors (Lipinski definition) is 2. The highest BCUT2D eigenvalue weighted by Crippen LogP contribution is 2.61. The third-order valence-corrected chi connectivity index (χ3v) is 9.69. The Morgan fingerprint density at radius 3 is 2.64 bits per heavy atom. The van der Waals surface area contributed by atoms with Crippen LogP contribution in [0.15, 0.2) is 55.6 Å². The molecule has 4 rings (SSSR count). The molecule has 1 aromatic carbocycles. The number of unbranched alkanes of at least 4 members (excludes halogenated alkanes) is 1. The molecule has 2 N–H and O–H groups in total. The predicted octanol–water partition coefficient (Wildman–Crippen LogP) is 3.30. The van der Waals surface area contributed by atoms with Crippen LogP contribution in [0.5, 0.6) is 0 Å². The van der Waals surface area contributed by atoms with Gasteiger partial charge in [-0.05, 0) is 31.7 Å². The number of hydrogen-bond acceptors (Lipinski definition) is 7. The molecule has 3 aliphatic heterocycles. The van der Waals surface area contributed by atoms with E-state index in [9.17, 15) is 24.3 Å². The lowest BCUT2D eigenvalue weighted by atomic mass is 9.70. The van der Waals surface area contributed by atoms with Crippen molar-refractivity contribution in [3.8, 4) is 0 Å². The zero-order chi connectivity index (χ0) is 32.0. The molecule has 0 aromatic heterocycles. The fourth-order valence-corrected chi connectivity index (χ4v) is 7.79. The topological polar surface area (TPSA) is 125 Å². The number of rotatable bonds is 16. The predicted molar refractivity (Wildman–Crippen MR) is 168 cm³/mol. The Morgan fingerprint density at radius 1 is 1.27 bits per heavy atom. The summed E-state index contributed by atoms with van der Waals surface area (Å²) in [5.74, 6) is -3.47. The van der Waals surface area contributed by atoms with Gasteiger partial charge < -0.3 is 29.7 Å². The standard InChI is InChI=1S/C33H44BrN3O7/c1-5-8-15-25(39)35-19-21(4)43-32(42)26-27-30(40)37(24(20-38)22-13-11-10-12-14-22)29(33(27)18-23(34)28(26)44-33)31(41)36(16-7-3)17-9-6-2/h5,7,10-14,21,23-24,26-29,38H,1,3,6,8-9,15-20H2,2,4H3,(H,35,39)/t21-,23?,24-,26+,27-,28+,29+,33-/m1/s1. The smallest absolute Gasteiger partial charge is 0.312 e. The van der Waals surface area contributed by atoms with Crippen LogP contribution in [-0.4, -0.2) is 93.5 Å². The van der Waals surface area contributed by atoms with Crippen molar-refractivity contribution < 1.29 is 33.8 Å². The Hall–Kier alpha value is -3.02. The van der Waals surface area contributed by atoms with Crippen molar-refractivity contribution in [3.05, 3.63) is 61.2 Å². The molecule has 2 bridgehead atoms. The van der Waals surface area contributed by atoms with Gasteiger partial charge in [0.2, 0.25) is 17.7 Å². The normalized spacial score (nSPS) is 28.2. The molecule has 240 valence electrons. The molecule has 1 spiro atoms. The lowest BCUT2D eigenvalue weighted by molar-refractivity contribution is -0.160. The number of esters is 1. The zero-order valence-corrected chi connectivity index (χ0v) is 27.1. The SMILES string of the molecule is C=CCCC(=O)NC[C@@H](C)OC(=O)[C@@H]1[C@H]2O[C@@]3(CC2Br)[C@H](C(=O)N(CC=C)CCCC)N([C@H](CO)c2ccccc2)C(=O)[C@@H]13.